The summed E-state index contributed by atoms with van der Waals surface area (Å²) in [5.41, 5.74) is 0. The van der Waals surface area contributed by atoms with Crippen LogP contribution in [0.5, 0.6) is 0 Å². The lowest BCUT2D eigenvalue weighted by atomic mass is 9.98. The number of aliphatic hydroxyl groups excluding tert-OH is 1. The van der Waals surface area contributed by atoms with Gasteiger partial charge in [-0.1, -0.05) is 19.3 Å². The van der Waals surface area contributed by atoms with Crippen molar-refractivity contribution in [2.45, 2.75) is 57.3 Å². The molecule has 1 rings (SSSR count). The van der Waals surface area contributed by atoms with Crippen LogP contribution in [0.4, 0.5) is 4.79 Å². The fraction of sp³-hybridized carbons (Fsp3) is 0.846. The van der Waals surface area contributed by atoms with Crippen LogP contribution in [-0.4, -0.2) is 53.6 Å². The Labute approximate surface area is 118 Å². The number of hydrogen-bond donors (Lipinski definition) is 4. The first-order chi connectivity index (χ1) is 9.50. The second-order valence-electron chi connectivity index (χ2n) is 5.09. The molecule has 2 atom stereocenters. The first-order valence-corrected chi connectivity index (χ1v) is 7.07. The van der Waals surface area contributed by atoms with E-state index in [0.29, 0.717) is 13.2 Å². The number of amides is 2. The number of carbonyl (C=O) groups is 2. The van der Waals surface area contributed by atoms with E-state index < -0.39 is 24.1 Å². The number of carboxylic acid groups (broad SMARTS) is 1. The Morgan fingerprint density at radius 3 is 2.50 bits per heavy atom. The van der Waals surface area contributed by atoms with Crippen LogP contribution in [0.15, 0.2) is 0 Å². The van der Waals surface area contributed by atoms with Gasteiger partial charge in [0.1, 0.15) is 0 Å². The summed E-state index contributed by atoms with van der Waals surface area (Å²) >= 11 is 0. The van der Waals surface area contributed by atoms with Crippen molar-refractivity contribution >= 4 is 12.0 Å². The molecule has 0 aromatic rings. The van der Waals surface area contributed by atoms with Gasteiger partial charge < -0.3 is 25.6 Å². The second-order valence-corrected chi connectivity index (χ2v) is 5.09. The third-order valence-corrected chi connectivity index (χ3v) is 3.33. The molecule has 1 saturated carbocycles. The summed E-state index contributed by atoms with van der Waals surface area (Å²) in [7, 11) is 0. The third kappa shape index (κ3) is 6.21. The van der Waals surface area contributed by atoms with Crippen LogP contribution in [0.1, 0.15) is 39.0 Å². The van der Waals surface area contributed by atoms with Crippen molar-refractivity contribution in [1.82, 2.24) is 10.6 Å². The fourth-order valence-corrected chi connectivity index (χ4v) is 2.20. The molecule has 1 fully saturated rings. The van der Waals surface area contributed by atoms with Gasteiger partial charge in [0.25, 0.3) is 0 Å². The van der Waals surface area contributed by atoms with Crippen molar-refractivity contribution in [3.63, 3.8) is 0 Å². The molecule has 1 aliphatic rings. The summed E-state index contributed by atoms with van der Waals surface area (Å²) in [6, 6.07) is -1.93. The zero-order valence-corrected chi connectivity index (χ0v) is 11.8. The Bertz CT molecular complexity index is 316. The SMILES string of the molecule is C[C@@H](O)[C@H](NC(=O)NCCOC1CCCCC1)C(=O)O. The van der Waals surface area contributed by atoms with E-state index in [2.05, 4.69) is 10.6 Å². The number of rotatable bonds is 7. The zero-order chi connectivity index (χ0) is 15.0. The quantitative estimate of drug-likeness (QED) is 0.509. The van der Waals surface area contributed by atoms with Gasteiger partial charge in [-0.05, 0) is 19.8 Å². The summed E-state index contributed by atoms with van der Waals surface area (Å²) in [6.45, 7) is 2.03. The Hall–Kier alpha value is -1.34. The maximum absolute atomic E-state index is 11.5. The van der Waals surface area contributed by atoms with E-state index in [1.807, 2.05) is 0 Å². The van der Waals surface area contributed by atoms with E-state index in [4.69, 9.17) is 9.84 Å². The van der Waals surface area contributed by atoms with Gasteiger partial charge in [0.2, 0.25) is 0 Å². The van der Waals surface area contributed by atoms with E-state index in [9.17, 15) is 14.7 Å². The van der Waals surface area contributed by atoms with Crippen LogP contribution in [0.3, 0.4) is 0 Å². The van der Waals surface area contributed by atoms with Crippen LogP contribution < -0.4 is 10.6 Å². The number of urea groups is 1. The average Bonchev–Trinajstić information content (AvgIpc) is 2.41. The average molecular weight is 288 g/mol. The maximum atomic E-state index is 11.5. The van der Waals surface area contributed by atoms with Gasteiger partial charge in [0.15, 0.2) is 6.04 Å². The Morgan fingerprint density at radius 2 is 1.95 bits per heavy atom. The maximum Gasteiger partial charge on any atom is 0.328 e. The highest BCUT2D eigenvalue weighted by Gasteiger charge is 2.24. The van der Waals surface area contributed by atoms with Crippen molar-refractivity contribution < 1.29 is 24.5 Å². The summed E-state index contributed by atoms with van der Waals surface area (Å²) in [5, 5.41) is 22.7. The lowest BCUT2D eigenvalue weighted by Gasteiger charge is -2.22. The molecule has 0 radical (unpaired) electrons. The van der Waals surface area contributed by atoms with Gasteiger partial charge in [-0.15, -0.1) is 0 Å². The number of aliphatic hydroxyl groups is 1. The van der Waals surface area contributed by atoms with Gasteiger partial charge >= 0.3 is 12.0 Å². The van der Waals surface area contributed by atoms with Gasteiger partial charge in [0.05, 0.1) is 18.8 Å². The predicted molar refractivity (Wildman–Crippen MR) is 72.5 cm³/mol. The van der Waals surface area contributed by atoms with E-state index in [-0.39, 0.29) is 6.10 Å². The lowest BCUT2D eigenvalue weighted by Crippen LogP contribution is -2.51. The van der Waals surface area contributed by atoms with Crippen molar-refractivity contribution in [3.05, 3.63) is 0 Å². The van der Waals surface area contributed by atoms with Crippen molar-refractivity contribution in [3.8, 4) is 0 Å². The van der Waals surface area contributed by atoms with Gasteiger partial charge in [0, 0.05) is 6.54 Å². The molecule has 7 heteroatoms. The van der Waals surface area contributed by atoms with E-state index in [1.54, 1.807) is 0 Å². The van der Waals surface area contributed by atoms with E-state index in [0.717, 1.165) is 12.8 Å². The molecule has 1 aliphatic carbocycles. The largest absolute Gasteiger partial charge is 0.480 e. The number of carbonyl (C=O) groups excluding carboxylic acids is 1. The Kier molecular flexibility index (Phi) is 7.32. The fourth-order valence-electron chi connectivity index (χ4n) is 2.20. The van der Waals surface area contributed by atoms with Crippen LogP contribution in [0.25, 0.3) is 0 Å². The smallest absolute Gasteiger partial charge is 0.328 e. The summed E-state index contributed by atoms with van der Waals surface area (Å²) in [5.74, 6) is -1.27. The molecule has 2 amide bonds. The standard InChI is InChI=1S/C13H24N2O5/c1-9(16)11(12(17)18)15-13(19)14-7-8-20-10-5-3-2-4-6-10/h9-11,16H,2-8H2,1H3,(H,17,18)(H2,14,15,19)/t9-,11+/m1/s1. The van der Waals surface area contributed by atoms with Crippen molar-refractivity contribution in [2.24, 2.45) is 0 Å². The molecule has 0 heterocycles. The van der Waals surface area contributed by atoms with Crippen LogP contribution in [-0.2, 0) is 9.53 Å². The first kappa shape index (κ1) is 16.7. The summed E-state index contributed by atoms with van der Waals surface area (Å²) in [4.78, 5) is 22.2. The van der Waals surface area contributed by atoms with Gasteiger partial charge in [-0.25, -0.2) is 9.59 Å². The number of nitrogens with one attached hydrogen (secondary N) is 2. The molecule has 0 aromatic heterocycles. The van der Waals surface area contributed by atoms with Crippen molar-refractivity contribution in [2.75, 3.05) is 13.2 Å². The highest BCUT2D eigenvalue weighted by Crippen LogP contribution is 2.19. The summed E-state index contributed by atoms with van der Waals surface area (Å²) in [6.07, 6.45) is 4.89. The van der Waals surface area contributed by atoms with Gasteiger partial charge in [-0.2, -0.15) is 0 Å². The van der Waals surface area contributed by atoms with Crippen LogP contribution in [0, 0.1) is 0 Å². The minimum Gasteiger partial charge on any atom is -0.480 e. The number of ether oxygens (including phenoxy) is 1. The zero-order valence-electron chi connectivity index (χ0n) is 11.8. The Morgan fingerprint density at radius 1 is 1.30 bits per heavy atom. The molecular weight excluding hydrogens is 264 g/mol. The highest BCUT2D eigenvalue weighted by atomic mass is 16.5. The molecule has 0 aliphatic heterocycles. The second kappa shape index (κ2) is 8.76. The highest BCUT2D eigenvalue weighted by molar-refractivity contribution is 5.82. The molecule has 20 heavy (non-hydrogen) atoms. The number of hydrogen-bond acceptors (Lipinski definition) is 4. The monoisotopic (exact) mass is 288 g/mol. The molecule has 0 bridgehead atoms. The van der Waals surface area contributed by atoms with E-state index >= 15 is 0 Å². The molecular formula is C13H24N2O5. The lowest BCUT2D eigenvalue weighted by molar-refractivity contribution is -0.141. The molecule has 4 N–H and O–H groups in total. The molecule has 0 aromatic carbocycles. The van der Waals surface area contributed by atoms with Crippen LogP contribution in [0.2, 0.25) is 0 Å². The van der Waals surface area contributed by atoms with Crippen LogP contribution >= 0.6 is 0 Å². The molecule has 0 unspecified atom stereocenters. The first-order valence-electron chi connectivity index (χ1n) is 7.07. The topological polar surface area (TPSA) is 108 Å². The Balaban J connectivity index is 2.14. The van der Waals surface area contributed by atoms with Crippen molar-refractivity contribution in [1.29, 1.82) is 0 Å². The van der Waals surface area contributed by atoms with Gasteiger partial charge in [-0.3, -0.25) is 0 Å². The minimum atomic E-state index is -1.31. The minimum absolute atomic E-state index is 0.276. The van der Waals surface area contributed by atoms with E-state index in [1.165, 1.54) is 26.2 Å². The molecule has 0 spiro atoms. The molecule has 7 nitrogen and oxygen atoms in total. The molecule has 0 saturated heterocycles. The third-order valence-electron chi connectivity index (χ3n) is 3.33. The predicted octanol–water partition coefficient (Wildman–Crippen LogP) is 0.469. The normalized spacial score (nSPS) is 19.1. The molecule has 116 valence electrons. The number of carboxylic acids is 1. The summed E-state index contributed by atoms with van der Waals surface area (Å²) < 4.78 is 5.63. The number of aliphatic carboxylic acids is 1.